The van der Waals surface area contributed by atoms with Crippen LogP contribution in [0.4, 0.5) is 0 Å². The highest BCUT2D eigenvalue weighted by Crippen LogP contribution is 2.10. The molecule has 0 bridgehead atoms. The highest BCUT2D eigenvalue weighted by Gasteiger charge is 2.16. The summed E-state index contributed by atoms with van der Waals surface area (Å²) in [7, 11) is 2.16. The van der Waals surface area contributed by atoms with Crippen LogP contribution < -0.4 is 5.32 Å². The first-order valence-corrected chi connectivity index (χ1v) is 5.72. The van der Waals surface area contributed by atoms with Crippen molar-refractivity contribution in [2.75, 3.05) is 39.9 Å². The molecule has 1 fully saturated rings. The Morgan fingerprint density at radius 3 is 2.93 bits per heavy atom. The van der Waals surface area contributed by atoms with E-state index in [0.29, 0.717) is 6.04 Å². The molecule has 0 spiro atoms. The van der Waals surface area contributed by atoms with Crippen LogP contribution in [-0.4, -0.2) is 50.8 Å². The molecule has 3 heteroatoms. The molecule has 1 aliphatic rings. The third-order valence-corrected chi connectivity index (χ3v) is 2.90. The van der Waals surface area contributed by atoms with E-state index in [1.165, 1.54) is 6.42 Å². The van der Waals surface area contributed by atoms with Crippen molar-refractivity contribution in [3.8, 4) is 0 Å². The second-order valence-corrected chi connectivity index (χ2v) is 4.39. The van der Waals surface area contributed by atoms with Gasteiger partial charge in [-0.1, -0.05) is 6.92 Å². The van der Waals surface area contributed by atoms with E-state index in [1.54, 1.807) is 0 Å². The largest absolute Gasteiger partial charge is 0.381 e. The first-order chi connectivity index (χ1) is 6.72. The van der Waals surface area contributed by atoms with Crippen LogP contribution >= 0.6 is 0 Å². The summed E-state index contributed by atoms with van der Waals surface area (Å²) < 4.78 is 5.34. The monoisotopic (exact) mass is 200 g/mol. The van der Waals surface area contributed by atoms with Crippen LogP contribution in [0.2, 0.25) is 0 Å². The lowest BCUT2D eigenvalue weighted by atomic mass is 10.1. The predicted molar refractivity (Wildman–Crippen MR) is 59.6 cm³/mol. The highest BCUT2D eigenvalue weighted by atomic mass is 16.5. The summed E-state index contributed by atoms with van der Waals surface area (Å²) in [4.78, 5) is 2.34. The summed E-state index contributed by atoms with van der Waals surface area (Å²) in [5.74, 6) is 0.740. The van der Waals surface area contributed by atoms with Gasteiger partial charge in [-0.15, -0.1) is 0 Å². The van der Waals surface area contributed by atoms with E-state index in [9.17, 15) is 0 Å². The molecular formula is C11H24N2O. The molecule has 84 valence electrons. The van der Waals surface area contributed by atoms with Crippen LogP contribution in [0.5, 0.6) is 0 Å². The molecule has 1 N–H and O–H groups in total. The van der Waals surface area contributed by atoms with Crippen molar-refractivity contribution < 1.29 is 4.74 Å². The molecule has 2 unspecified atom stereocenters. The van der Waals surface area contributed by atoms with Crippen LogP contribution in [0.25, 0.3) is 0 Å². The van der Waals surface area contributed by atoms with Crippen LogP contribution in [0.15, 0.2) is 0 Å². The van der Waals surface area contributed by atoms with Crippen molar-refractivity contribution >= 4 is 0 Å². The van der Waals surface area contributed by atoms with Gasteiger partial charge < -0.3 is 15.0 Å². The average Bonchev–Trinajstić information content (AvgIpc) is 2.67. The smallest absolute Gasteiger partial charge is 0.0507 e. The predicted octanol–water partition coefficient (Wildman–Crippen LogP) is 0.953. The van der Waals surface area contributed by atoms with Gasteiger partial charge in [0.25, 0.3) is 0 Å². The van der Waals surface area contributed by atoms with E-state index in [0.717, 1.165) is 38.8 Å². The summed E-state index contributed by atoms with van der Waals surface area (Å²) in [5.41, 5.74) is 0. The zero-order valence-electron chi connectivity index (χ0n) is 9.75. The second kappa shape index (κ2) is 6.38. The van der Waals surface area contributed by atoms with E-state index in [-0.39, 0.29) is 0 Å². The molecule has 1 heterocycles. The molecule has 0 aromatic heterocycles. The first-order valence-electron chi connectivity index (χ1n) is 5.72. The summed E-state index contributed by atoms with van der Waals surface area (Å²) in [6.07, 6.45) is 1.23. The van der Waals surface area contributed by atoms with E-state index in [4.69, 9.17) is 4.74 Å². The van der Waals surface area contributed by atoms with Gasteiger partial charge >= 0.3 is 0 Å². The Kier molecular flexibility index (Phi) is 5.45. The molecule has 0 saturated carbocycles. The number of hydrogen-bond donors (Lipinski definition) is 1. The average molecular weight is 200 g/mol. The molecule has 0 aromatic carbocycles. The molecule has 0 radical (unpaired) electrons. The van der Waals surface area contributed by atoms with E-state index in [1.807, 2.05) is 0 Å². The number of likely N-dealkylation sites (N-methyl/N-ethyl adjacent to an activating group) is 1. The zero-order valence-corrected chi connectivity index (χ0v) is 9.75. The number of ether oxygens (including phenoxy) is 1. The molecule has 3 nitrogen and oxygen atoms in total. The van der Waals surface area contributed by atoms with Crippen LogP contribution in [0, 0.1) is 5.92 Å². The van der Waals surface area contributed by atoms with Crippen LogP contribution in [0.3, 0.4) is 0 Å². The maximum Gasteiger partial charge on any atom is 0.0507 e. The lowest BCUT2D eigenvalue weighted by Crippen LogP contribution is -2.39. The van der Waals surface area contributed by atoms with Crippen LogP contribution in [0.1, 0.15) is 20.3 Å². The first kappa shape index (κ1) is 12.0. The van der Waals surface area contributed by atoms with Gasteiger partial charge in [0.05, 0.1) is 6.61 Å². The minimum Gasteiger partial charge on any atom is -0.381 e. The standard InChI is InChI=1S/C11H24N2O/c1-4-13(3)8-10(2)12-7-11-5-6-14-9-11/h10-12H,4-9H2,1-3H3. The Morgan fingerprint density at radius 2 is 2.36 bits per heavy atom. The van der Waals surface area contributed by atoms with Crippen molar-refractivity contribution in [1.82, 2.24) is 10.2 Å². The molecule has 1 saturated heterocycles. The van der Waals surface area contributed by atoms with Gasteiger partial charge in [-0.2, -0.15) is 0 Å². The van der Waals surface area contributed by atoms with Crippen molar-refractivity contribution in [2.24, 2.45) is 5.92 Å². The van der Waals surface area contributed by atoms with E-state index < -0.39 is 0 Å². The maximum absolute atomic E-state index is 5.34. The molecule has 0 aliphatic carbocycles. The SMILES string of the molecule is CCN(C)CC(C)NCC1CCOC1. The van der Waals surface area contributed by atoms with Gasteiger partial charge in [-0.25, -0.2) is 0 Å². The van der Waals surface area contributed by atoms with Gasteiger partial charge in [-0.3, -0.25) is 0 Å². The second-order valence-electron chi connectivity index (χ2n) is 4.39. The Labute approximate surface area is 87.8 Å². The molecule has 2 atom stereocenters. The molecule has 1 rings (SSSR count). The number of rotatable bonds is 6. The van der Waals surface area contributed by atoms with E-state index in [2.05, 4.69) is 31.1 Å². The quantitative estimate of drug-likeness (QED) is 0.691. The van der Waals surface area contributed by atoms with Crippen LogP contribution in [-0.2, 0) is 4.74 Å². The summed E-state index contributed by atoms with van der Waals surface area (Å²) >= 11 is 0. The topological polar surface area (TPSA) is 24.5 Å². The highest BCUT2D eigenvalue weighted by molar-refractivity contribution is 4.71. The minimum atomic E-state index is 0.584. The van der Waals surface area contributed by atoms with Gasteiger partial charge in [0, 0.05) is 25.7 Å². The number of nitrogens with one attached hydrogen (secondary N) is 1. The van der Waals surface area contributed by atoms with Crippen molar-refractivity contribution in [3.63, 3.8) is 0 Å². The van der Waals surface area contributed by atoms with E-state index >= 15 is 0 Å². The van der Waals surface area contributed by atoms with Crippen molar-refractivity contribution in [2.45, 2.75) is 26.3 Å². The van der Waals surface area contributed by atoms with Crippen molar-refractivity contribution in [1.29, 1.82) is 0 Å². The fourth-order valence-electron chi connectivity index (χ4n) is 1.77. The Balaban J connectivity index is 2.04. The lowest BCUT2D eigenvalue weighted by Gasteiger charge is -2.21. The maximum atomic E-state index is 5.34. The Hall–Kier alpha value is -0.120. The van der Waals surface area contributed by atoms with Gasteiger partial charge in [0.1, 0.15) is 0 Å². The van der Waals surface area contributed by atoms with Crippen molar-refractivity contribution in [3.05, 3.63) is 0 Å². The molecule has 0 aromatic rings. The molecule has 0 amide bonds. The fraction of sp³-hybridized carbons (Fsp3) is 1.00. The zero-order chi connectivity index (χ0) is 10.4. The van der Waals surface area contributed by atoms with Gasteiger partial charge in [0.15, 0.2) is 0 Å². The molecule has 1 aliphatic heterocycles. The fourth-order valence-corrected chi connectivity index (χ4v) is 1.77. The van der Waals surface area contributed by atoms with Gasteiger partial charge in [-0.05, 0) is 32.9 Å². The molecular weight excluding hydrogens is 176 g/mol. The number of nitrogens with zero attached hydrogens (tertiary/aromatic N) is 1. The summed E-state index contributed by atoms with van der Waals surface area (Å²) in [6, 6.07) is 0.584. The Morgan fingerprint density at radius 1 is 1.57 bits per heavy atom. The summed E-state index contributed by atoms with van der Waals surface area (Å²) in [5, 5.41) is 3.57. The third kappa shape index (κ3) is 4.40. The minimum absolute atomic E-state index is 0.584. The third-order valence-electron chi connectivity index (χ3n) is 2.90. The lowest BCUT2D eigenvalue weighted by molar-refractivity contribution is 0.184. The Bertz CT molecular complexity index is 146. The number of hydrogen-bond acceptors (Lipinski definition) is 3. The molecule has 14 heavy (non-hydrogen) atoms. The van der Waals surface area contributed by atoms with Gasteiger partial charge in [0.2, 0.25) is 0 Å². The normalized spacial score (nSPS) is 24.4. The summed E-state index contributed by atoms with van der Waals surface area (Å²) in [6.45, 7) is 9.71.